The number of cyclic esters (lactones) is 1. The van der Waals surface area contributed by atoms with E-state index in [2.05, 4.69) is 32.9 Å². The Hall–Kier alpha value is -1.51. The lowest BCUT2D eigenvalue weighted by molar-refractivity contribution is 0.137. The van der Waals surface area contributed by atoms with Crippen LogP contribution in [0.1, 0.15) is 38.8 Å². The van der Waals surface area contributed by atoms with Crippen LogP contribution >= 0.6 is 0 Å². The van der Waals surface area contributed by atoms with Crippen molar-refractivity contribution in [2.75, 3.05) is 6.61 Å². The second-order valence-electron chi connectivity index (χ2n) is 5.13. The highest BCUT2D eigenvalue weighted by Crippen LogP contribution is 2.32. The summed E-state index contributed by atoms with van der Waals surface area (Å²) in [6, 6.07) is 10.5. The van der Waals surface area contributed by atoms with Gasteiger partial charge in [-0.05, 0) is 17.9 Å². The molecule has 1 heterocycles. The zero-order chi connectivity index (χ0) is 13.1. The van der Waals surface area contributed by atoms with E-state index in [4.69, 9.17) is 4.74 Å². The van der Waals surface area contributed by atoms with Crippen molar-refractivity contribution >= 4 is 6.09 Å². The van der Waals surface area contributed by atoms with Crippen LogP contribution in [0, 0.1) is 5.92 Å². The van der Waals surface area contributed by atoms with Gasteiger partial charge in [-0.2, -0.15) is 0 Å². The molecule has 98 valence electrons. The van der Waals surface area contributed by atoms with Gasteiger partial charge in [0.05, 0.1) is 12.1 Å². The quantitative estimate of drug-likeness (QED) is 0.813. The number of carbonyl (C=O) groups is 1. The molecule has 1 aliphatic rings. The molecule has 18 heavy (non-hydrogen) atoms. The third-order valence-corrected chi connectivity index (χ3v) is 3.62. The van der Waals surface area contributed by atoms with Crippen LogP contribution in [-0.2, 0) is 4.74 Å². The molecule has 1 fully saturated rings. The minimum atomic E-state index is -0.176. The van der Waals surface area contributed by atoms with E-state index >= 15 is 0 Å². The molecular weight excluding hydrogens is 226 g/mol. The zero-order valence-corrected chi connectivity index (χ0v) is 11.3. The van der Waals surface area contributed by atoms with Crippen molar-refractivity contribution in [3.05, 3.63) is 35.9 Å². The maximum atomic E-state index is 12.0. The molecule has 0 radical (unpaired) electrons. The second kappa shape index (κ2) is 5.42. The van der Waals surface area contributed by atoms with Gasteiger partial charge in [0.25, 0.3) is 0 Å². The molecule has 0 aliphatic carbocycles. The highest BCUT2D eigenvalue weighted by molar-refractivity contribution is 5.71. The number of carbonyl (C=O) groups excluding carboxylic acids is 1. The fraction of sp³-hybridized carbons (Fsp3) is 0.533. The molecular formula is C15H21NO2. The van der Waals surface area contributed by atoms with E-state index < -0.39 is 0 Å². The first kappa shape index (κ1) is 12.9. The van der Waals surface area contributed by atoms with Crippen LogP contribution in [0.15, 0.2) is 30.3 Å². The molecule has 0 spiro atoms. The van der Waals surface area contributed by atoms with Crippen molar-refractivity contribution in [3.8, 4) is 0 Å². The average molecular weight is 247 g/mol. The Morgan fingerprint density at radius 2 is 2.00 bits per heavy atom. The molecule has 1 aromatic carbocycles. The third-order valence-electron chi connectivity index (χ3n) is 3.62. The lowest BCUT2D eigenvalue weighted by atomic mass is 9.97. The van der Waals surface area contributed by atoms with Crippen LogP contribution < -0.4 is 0 Å². The van der Waals surface area contributed by atoms with E-state index in [1.165, 1.54) is 5.56 Å². The summed E-state index contributed by atoms with van der Waals surface area (Å²) >= 11 is 0. The van der Waals surface area contributed by atoms with Gasteiger partial charge in [-0.1, -0.05) is 51.1 Å². The predicted molar refractivity (Wildman–Crippen MR) is 71.3 cm³/mol. The topological polar surface area (TPSA) is 29.5 Å². The highest BCUT2D eigenvalue weighted by Gasteiger charge is 2.39. The number of ether oxygens (including phenoxy) is 1. The van der Waals surface area contributed by atoms with Crippen LogP contribution in [0.5, 0.6) is 0 Å². The van der Waals surface area contributed by atoms with Crippen molar-refractivity contribution in [2.45, 2.75) is 39.3 Å². The van der Waals surface area contributed by atoms with E-state index in [0.717, 1.165) is 6.42 Å². The lowest BCUT2D eigenvalue weighted by Gasteiger charge is -2.32. The molecule has 1 saturated heterocycles. The summed E-state index contributed by atoms with van der Waals surface area (Å²) in [4.78, 5) is 13.9. The second-order valence-corrected chi connectivity index (χ2v) is 5.13. The van der Waals surface area contributed by atoms with Gasteiger partial charge in [0.15, 0.2) is 0 Å². The van der Waals surface area contributed by atoms with Gasteiger partial charge in [-0.25, -0.2) is 4.79 Å². The Morgan fingerprint density at radius 3 is 2.56 bits per heavy atom. The van der Waals surface area contributed by atoms with Crippen LogP contribution in [0.2, 0.25) is 0 Å². The molecule has 2 atom stereocenters. The minimum Gasteiger partial charge on any atom is -0.447 e. The fourth-order valence-electron chi connectivity index (χ4n) is 2.59. The summed E-state index contributed by atoms with van der Waals surface area (Å²) in [6.45, 7) is 6.90. The van der Waals surface area contributed by atoms with Crippen molar-refractivity contribution in [3.63, 3.8) is 0 Å². The van der Waals surface area contributed by atoms with Crippen molar-refractivity contribution in [1.82, 2.24) is 4.90 Å². The first-order valence-electron chi connectivity index (χ1n) is 6.65. The molecule has 1 aromatic rings. The Morgan fingerprint density at radius 1 is 1.33 bits per heavy atom. The van der Waals surface area contributed by atoms with E-state index in [0.29, 0.717) is 12.5 Å². The van der Waals surface area contributed by atoms with Gasteiger partial charge in [0, 0.05) is 0 Å². The van der Waals surface area contributed by atoms with Gasteiger partial charge < -0.3 is 4.74 Å². The van der Waals surface area contributed by atoms with E-state index in [9.17, 15) is 4.79 Å². The SMILES string of the molecule is CC[C@H](c1ccccc1)N1C(=O)OC[C@@H]1C(C)C. The lowest BCUT2D eigenvalue weighted by Crippen LogP contribution is -2.39. The maximum absolute atomic E-state index is 12.0. The molecule has 3 heteroatoms. The van der Waals surface area contributed by atoms with Crippen LogP contribution in [0.25, 0.3) is 0 Å². The number of hydrogen-bond donors (Lipinski definition) is 0. The van der Waals surface area contributed by atoms with Crippen molar-refractivity contribution in [2.24, 2.45) is 5.92 Å². The normalized spacial score (nSPS) is 21.2. The third kappa shape index (κ3) is 2.35. The zero-order valence-electron chi connectivity index (χ0n) is 11.3. The van der Waals surface area contributed by atoms with Gasteiger partial charge in [-0.3, -0.25) is 4.90 Å². The Labute approximate surface area is 109 Å². The van der Waals surface area contributed by atoms with E-state index in [1.54, 1.807) is 0 Å². The van der Waals surface area contributed by atoms with Gasteiger partial charge in [0.1, 0.15) is 6.61 Å². The number of rotatable bonds is 4. The Kier molecular flexibility index (Phi) is 3.90. The largest absolute Gasteiger partial charge is 0.447 e. The number of amides is 1. The summed E-state index contributed by atoms with van der Waals surface area (Å²) in [5.74, 6) is 0.411. The molecule has 1 aliphatic heterocycles. The maximum Gasteiger partial charge on any atom is 0.410 e. The minimum absolute atomic E-state index is 0.119. The molecule has 0 bridgehead atoms. The number of benzene rings is 1. The van der Waals surface area contributed by atoms with Crippen molar-refractivity contribution in [1.29, 1.82) is 0 Å². The van der Waals surface area contributed by atoms with Crippen LogP contribution in [0.3, 0.4) is 0 Å². The molecule has 0 saturated carbocycles. The highest BCUT2D eigenvalue weighted by atomic mass is 16.6. The fourth-order valence-corrected chi connectivity index (χ4v) is 2.59. The Balaban J connectivity index is 2.28. The summed E-state index contributed by atoms with van der Waals surface area (Å²) < 4.78 is 5.23. The van der Waals surface area contributed by atoms with Gasteiger partial charge in [0.2, 0.25) is 0 Å². The molecule has 1 amide bonds. The molecule has 0 N–H and O–H groups in total. The molecule has 0 unspecified atom stereocenters. The summed E-state index contributed by atoms with van der Waals surface area (Å²) in [5, 5.41) is 0. The number of nitrogens with zero attached hydrogens (tertiary/aromatic N) is 1. The summed E-state index contributed by atoms with van der Waals surface area (Å²) in [7, 11) is 0. The smallest absolute Gasteiger partial charge is 0.410 e. The number of hydrogen-bond acceptors (Lipinski definition) is 2. The molecule has 0 aromatic heterocycles. The van der Waals surface area contributed by atoms with Crippen molar-refractivity contribution < 1.29 is 9.53 Å². The standard InChI is InChI=1S/C15H21NO2/c1-4-13(12-8-6-5-7-9-12)16-14(11(2)3)10-18-15(16)17/h5-9,11,13-14H,4,10H2,1-3H3/t13-,14-/m1/s1. The van der Waals surface area contributed by atoms with E-state index in [-0.39, 0.29) is 18.2 Å². The predicted octanol–water partition coefficient (Wildman–Crippen LogP) is 3.61. The average Bonchev–Trinajstić information content (AvgIpc) is 2.74. The van der Waals surface area contributed by atoms with Crippen LogP contribution in [-0.4, -0.2) is 23.6 Å². The van der Waals surface area contributed by atoms with E-state index in [1.807, 2.05) is 23.1 Å². The van der Waals surface area contributed by atoms with Gasteiger partial charge >= 0.3 is 6.09 Å². The summed E-state index contributed by atoms with van der Waals surface area (Å²) in [5.41, 5.74) is 1.18. The molecule has 3 nitrogen and oxygen atoms in total. The van der Waals surface area contributed by atoms with Crippen LogP contribution in [0.4, 0.5) is 4.79 Å². The van der Waals surface area contributed by atoms with Gasteiger partial charge in [-0.15, -0.1) is 0 Å². The Bertz CT molecular complexity index is 402. The first-order chi connectivity index (χ1) is 8.65. The summed E-state index contributed by atoms with van der Waals surface area (Å²) in [6.07, 6.45) is 0.729. The monoisotopic (exact) mass is 247 g/mol. The molecule has 2 rings (SSSR count). The first-order valence-corrected chi connectivity index (χ1v) is 6.65.